The van der Waals surface area contributed by atoms with Crippen molar-refractivity contribution in [3.63, 3.8) is 0 Å². The number of nitrogen functional groups attached to an aromatic ring is 1. The number of hydrogen-bond donors (Lipinski definition) is 1. The Morgan fingerprint density at radius 2 is 1.89 bits per heavy atom. The average molecular weight is 250 g/mol. The first-order valence-corrected chi connectivity index (χ1v) is 5.68. The molecule has 0 aliphatic rings. The van der Waals surface area contributed by atoms with E-state index < -0.39 is 5.97 Å². The number of nitrogens with zero attached hydrogens (tertiary/aromatic N) is 1. The van der Waals surface area contributed by atoms with Crippen LogP contribution >= 0.6 is 0 Å². The minimum absolute atomic E-state index is 0.0168. The number of benzene rings is 1. The van der Waals surface area contributed by atoms with Crippen molar-refractivity contribution in [2.24, 2.45) is 0 Å². The molecule has 2 N–H and O–H groups in total. The maximum absolute atomic E-state index is 11.7. The normalized spacial score (nSPS) is 9.89. The van der Waals surface area contributed by atoms with Crippen LogP contribution in [0.15, 0.2) is 24.3 Å². The largest absolute Gasteiger partial charge is 0.468 e. The first-order valence-electron chi connectivity index (χ1n) is 5.68. The van der Waals surface area contributed by atoms with Gasteiger partial charge in [0, 0.05) is 19.2 Å². The fraction of sp³-hybridized carbons (Fsp3) is 0.385. The first-order chi connectivity index (χ1) is 8.52. The van der Waals surface area contributed by atoms with Gasteiger partial charge in [-0.3, -0.25) is 9.59 Å². The van der Waals surface area contributed by atoms with Crippen LogP contribution in [-0.2, 0) is 20.7 Å². The van der Waals surface area contributed by atoms with Gasteiger partial charge in [-0.1, -0.05) is 12.1 Å². The fourth-order valence-electron chi connectivity index (χ4n) is 1.47. The molecule has 0 bridgehead atoms. The molecule has 0 aliphatic heterocycles. The van der Waals surface area contributed by atoms with Gasteiger partial charge >= 0.3 is 5.97 Å². The van der Waals surface area contributed by atoms with Crippen LogP contribution in [0.1, 0.15) is 12.0 Å². The summed E-state index contributed by atoms with van der Waals surface area (Å²) in [6, 6.07) is 7.39. The maximum atomic E-state index is 11.7. The molecular weight excluding hydrogens is 232 g/mol. The van der Waals surface area contributed by atoms with E-state index in [0.717, 1.165) is 5.56 Å². The predicted octanol–water partition coefficient (Wildman–Crippen LogP) is 0.833. The second-order valence-electron chi connectivity index (χ2n) is 4.07. The minimum Gasteiger partial charge on any atom is -0.468 e. The quantitative estimate of drug-likeness (QED) is 0.620. The Labute approximate surface area is 107 Å². The molecule has 0 aromatic heterocycles. The maximum Gasteiger partial charge on any atom is 0.325 e. The highest BCUT2D eigenvalue weighted by molar-refractivity contribution is 5.81. The Kier molecular flexibility index (Phi) is 5.17. The van der Waals surface area contributed by atoms with Gasteiger partial charge < -0.3 is 15.4 Å². The van der Waals surface area contributed by atoms with Crippen LogP contribution in [0.2, 0.25) is 0 Å². The number of ether oxygens (including phenoxy) is 1. The fourth-order valence-corrected chi connectivity index (χ4v) is 1.47. The lowest BCUT2D eigenvalue weighted by atomic mass is 10.1. The number of rotatable bonds is 5. The standard InChI is InChI=1S/C13H18N2O3/c1-15(9-13(17)18-2)12(16)8-5-10-3-6-11(14)7-4-10/h3-4,6-7H,5,8-9,14H2,1-2H3. The van der Waals surface area contributed by atoms with Gasteiger partial charge in [0.2, 0.25) is 5.91 Å². The van der Waals surface area contributed by atoms with Crippen molar-refractivity contribution in [2.45, 2.75) is 12.8 Å². The molecule has 0 aliphatic carbocycles. The molecule has 1 aromatic carbocycles. The monoisotopic (exact) mass is 250 g/mol. The number of aryl methyl sites for hydroxylation is 1. The van der Waals surface area contributed by atoms with Crippen molar-refractivity contribution in [3.05, 3.63) is 29.8 Å². The van der Waals surface area contributed by atoms with E-state index in [1.54, 1.807) is 19.2 Å². The Balaban J connectivity index is 2.41. The summed E-state index contributed by atoms with van der Waals surface area (Å²) in [5.41, 5.74) is 7.32. The van der Waals surface area contributed by atoms with Crippen molar-refractivity contribution >= 4 is 17.6 Å². The Hall–Kier alpha value is -2.04. The highest BCUT2D eigenvalue weighted by Crippen LogP contribution is 2.08. The molecule has 1 amide bonds. The van der Waals surface area contributed by atoms with E-state index in [4.69, 9.17) is 5.73 Å². The van der Waals surface area contributed by atoms with E-state index in [-0.39, 0.29) is 12.5 Å². The van der Waals surface area contributed by atoms with Crippen LogP contribution in [0.25, 0.3) is 0 Å². The number of carbonyl (C=O) groups is 2. The Morgan fingerprint density at radius 3 is 2.44 bits per heavy atom. The van der Waals surface area contributed by atoms with Crippen molar-refractivity contribution in [3.8, 4) is 0 Å². The molecule has 0 saturated heterocycles. The molecule has 0 atom stereocenters. The van der Waals surface area contributed by atoms with Crippen LogP contribution in [-0.4, -0.2) is 37.5 Å². The minimum atomic E-state index is -0.418. The van der Waals surface area contributed by atoms with Gasteiger partial charge in [-0.25, -0.2) is 0 Å². The molecule has 0 saturated carbocycles. The second-order valence-corrected chi connectivity index (χ2v) is 4.07. The van der Waals surface area contributed by atoms with Crippen molar-refractivity contribution < 1.29 is 14.3 Å². The van der Waals surface area contributed by atoms with Crippen molar-refractivity contribution in [1.29, 1.82) is 0 Å². The number of methoxy groups -OCH3 is 1. The van der Waals surface area contributed by atoms with Crippen LogP contribution in [0.4, 0.5) is 5.69 Å². The SMILES string of the molecule is COC(=O)CN(C)C(=O)CCc1ccc(N)cc1. The lowest BCUT2D eigenvalue weighted by Gasteiger charge is -2.15. The highest BCUT2D eigenvalue weighted by atomic mass is 16.5. The van der Waals surface area contributed by atoms with Crippen molar-refractivity contribution in [1.82, 2.24) is 4.90 Å². The predicted molar refractivity (Wildman–Crippen MR) is 68.8 cm³/mol. The van der Waals surface area contributed by atoms with Crippen LogP contribution in [0, 0.1) is 0 Å². The molecule has 0 unspecified atom stereocenters. The zero-order valence-electron chi connectivity index (χ0n) is 10.7. The topological polar surface area (TPSA) is 72.6 Å². The van der Waals surface area contributed by atoms with Gasteiger partial charge in [0.15, 0.2) is 0 Å². The summed E-state index contributed by atoms with van der Waals surface area (Å²) < 4.78 is 4.50. The third-order valence-electron chi connectivity index (χ3n) is 2.63. The molecule has 0 fully saturated rings. The molecule has 0 radical (unpaired) electrons. The summed E-state index contributed by atoms with van der Waals surface area (Å²) in [6.07, 6.45) is 0.988. The molecule has 18 heavy (non-hydrogen) atoms. The second kappa shape index (κ2) is 6.64. The molecule has 5 heteroatoms. The van der Waals surface area contributed by atoms with Gasteiger partial charge in [-0.2, -0.15) is 0 Å². The Morgan fingerprint density at radius 1 is 1.28 bits per heavy atom. The van der Waals surface area contributed by atoms with Crippen LogP contribution in [0.3, 0.4) is 0 Å². The number of amides is 1. The van der Waals surface area contributed by atoms with E-state index >= 15 is 0 Å². The molecule has 1 rings (SSSR count). The van der Waals surface area contributed by atoms with E-state index in [1.165, 1.54) is 12.0 Å². The molecule has 0 spiro atoms. The highest BCUT2D eigenvalue weighted by Gasteiger charge is 2.12. The number of carbonyl (C=O) groups excluding carboxylic acids is 2. The Bertz CT molecular complexity index is 415. The summed E-state index contributed by atoms with van der Waals surface area (Å²) in [4.78, 5) is 24.1. The number of likely N-dealkylation sites (N-methyl/N-ethyl adjacent to an activating group) is 1. The van der Waals surface area contributed by atoms with Gasteiger partial charge in [0.05, 0.1) is 7.11 Å². The van der Waals surface area contributed by atoms with Crippen LogP contribution in [0.5, 0.6) is 0 Å². The van der Waals surface area contributed by atoms with Crippen LogP contribution < -0.4 is 5.73 Å². The van der Waals surface area contributed by atoms with Gasteiger partial charge in [-0.15, -0.1) is 0 Å². The van der Waals surface area contributed by atoms with Gasteiger partial charge in [-0.05, 0) is 24.1 Å². The first kappa shape index (κ1) is 14.0. The molecule has 0 heterocycles. The van der Waals surface area contributed by atoms with Gasteiger partial charge in [0.1, 0.15) is 6.54 Å². The van der Waals surface area contributed by atoms with Gasteiger partial charge in [0.25, 0.3) is 0 Å². The lowest BCUT2D eigenvalue weighted by molar-refractivity contribution is -0.146. The summed E-state index contributed by atoms with van der Waals surface area (Å²) in [7, 11) is 2.89. The van der Waals surface area contributed by atoms with E-state index in [2.05, 4.69) is 4.74 Å². The zero-order chi connectivity index (χ0) is 13.5. The third kappa shape index (κ3) is 4.45. The van der Waals surface area contributed by atoms with E-state index in [1.807, 2.05) is 12.1 Å². The van der Waals surface area contributed by atoms with E-state index in [9.17, 15) is 9.59 Å². The molecule has 5 nitrogen and oxygen atoms in total. The number of esters is 1. The summed E-state index contributed by atoms with van der Waals surface area (Å²) in [5, 5.41) is 0. The average Bonchev–Trinajstić information content (AvgIpc) is 2.37. The summed E-state index contributed by atoms with van der Waals surface area (Å²) in [5.74, 6) is -0.504. The smallest absolute Gasteiger partial charge is 0.325 e. The zero-order valence-corrected chi connectivity index (χ0v) is 10.7. The van der Waals surface area contributed by atoms with E-state index in [0.29, 0.717) is 18.5 Å². The summed E-state index contributed by atoms with van der Waals surface area (Å²) in [6.45, 7) is -0.0168. The molecule has 1 aromatic rings. The van der Waals surface area contributed by atoms with Crippen molar-refractivity contribution in [2.75, 3.05) is 26.4 Å². The molecular formula is C13H18N2O3. The number of nitrogens with two attached hydrogens (primary N) is 1. The summed E-state index contributed by atoms with van der Waals surface area (Å²) >= 11 is 0. The number of anilines is 1. The third-order valence-corrected chi connectivity index (χ3v) is 2.63. The number of hydrogen-bond acceptors (Lipinski definition) is 4. The lowest BCUT2D eigenvalue weighted by Crippen LogP contribution is -2.32. The molecule has 98 valence electrons.